The van der Waals surface area contributed by atoms with Crippen LogP contribution in [0.25, 0.3) is 0 Å². The van der Waals surface area contributed by atoms with Crippen molar-refractivity contribution in [2.45, 2.75) is 94.1 Å². The topological polar surface area (TPSA) is 26.3 Å². The van der Waals surface area contributed by atoms with E-state index < -0.39 is 5.41 Å². The minimum Gasteiger partial charge on any atom is -0.462 e. The number of rotatable bonds is 4. The molecule has 6 unspecified atom stereocenters. The van der Waals surface area contributed by atoms with Gasteiger partial charge >= 0.3 is 5.97 Å². The van der Waals surface area contributed by atoms with Gasteiger partial charge in [-0.3, -0.25) is 4.79 Å². The summed E-state index contributed by atoms with van der Waals surface area (Å²) in [5.41, 5.74) is -0.441. The van der Waals surface area contributed by atoms with Crippen molar-refractivity contribution < 1.29 is 9.53 Å². The monoisotopic (exact) mass is 336 g/mol. The fraction of sp³-hybridized carbons (Fsp3) is 0.955. The van der Waals surface area contributed by atoms with Crippen LogP contribution in [0.3, 0.4) is 0 Å². The Morgan fingerprint density at radius 1 is 1.04 bits per heavy atom. The zero-order valence-electron chi connectivity index (χ0n) is 17.5. The minimum absolute atomic E-state index is 0.0324. The van der Waals surface area contributed by atoms with Crippen LogP contribution in [0.15, 0.2) is 0 Å². The Morgan fingerprint density at radius 3 is 2.04 bits per heavy atom. The summed E-state index contributed by atoms with van der Waals surface area (Å²) in [7, 11) is 0. The van der Waals surface area contributed by atoms with Crippen LogP contribution in [-0.2, 0) is 9.53 Å². The number of carbonyl (C=O) groups is 1. The summed E-state index contributed by atoms with van der Waals surface area (Å²) in [6.45, 7) is 20.0. The standard InChI is InChI=1S/C22H40O2/c1-10-16-14(2)15-11-17(16)18(12-15)24-19(23)22(9,21(6,7)8)13-20(3,4)5/h14-18H,10-13H2,1-9H3. The molecule has 0 spiro atoms. The first-order valence-corrected chi connectivity index (χ1v) is 10.0. The van der Waals surface area contributed by atoms with Gasteiger partial charge in [-0.25, -0.2) is 0 Å². The van der Waals surface area contributed by atoms with E-state index in [1.165, 1.54) is 12.8 Å². The molecule has 0 aromatic heterocycles. The Kier molecular flexibility index (Phi) is 5.21. The van der Waals surface area contributed by atoms with Crippen LogP contribution in [0.1, 0.15) is 88.0 Å². The predicted octanol–water partition coefficient (Wildman–Crippen LogP) is 6.09. The van der Waals surface area contributed by atoms with E-state index in [-0.39, 0.29) is 22.9 Å². The van der Waals surface area contributed by atoms with Crippen molar-refractivity contribution in [3.63, 3.8) is 0 Å². The Balaban J connectivity index is 2.15. The smallest absolute Gasteiger partial charge is 0.312 e. The molecule has 24 heavy (non-hydrogen) atoms. The second-order valence-electron chi connectivity index (χ2n) is 11.1. The summed E-state index contributed by atoms with van der Waals surface area (Å²) >= 11 is 0. The van der Waals surface area contributed by atoms with Crippen molar-refractivity contribution in [3.8, 4) is 0 Å². The SMILES string of the molecule is CCC1C(C)C2CC(OC(=O)C(C)(CC(C)(C)C)C(C)(C)C)C1C2. The number of carbonyl (C=O) groups excluding carboxylic acids is 1. The van der Waals surface area contributed by atoms with E-state index >= 15 is 0 Å². The van der Waals surface area contributed by atoms with Crippen molar-refractivity contribution in [2.75, 3.05) is 0 Å². The average molecular weight is 337 g/mol. The first-order valence-electron chi connectivity index (χ1n) is 10.0. The molecular weight excluding hydrogens is 296 g/mol. The van der Waals surface area contributed by atoms with Crippen molar-refractivity contribution in [1.82, 2.24) is 0 Å². The maximum absolute atomic E-state index is 13.3. The molecule has 2 saturated carbocycles. The van der Waals surface area contributed by atoms with Crippen molar-refractivity contribution in [2.24, 2.45) is 39.9 Å². The van der Waals surface area contributed by atoms with Crippen molar-refractivity contribution in [1.29, 1.82) is 0 Å². The molecule has 2 aliphatic carbocycles. The molecule has 140 valence electrons. The van der Waals surface area contributed by atoms with Gasteiger partial charge < -0.3 is 4.74 Å². The largest absolute Gasteiger partial charge is 0.462 e. The number of hydrogen-bond acceptors (Lipinski definition) is 2. The highest BCUT2D eigenvalue weighted by Crippen LogP contribution is 2.55. The molecule has 0 amide bonds. The van der Waals surface area contributed by atoms with Crippen LogP contribution < -0.4 is 0 Å². The molecule has 6 atom stereocenters. The highest BCUT2D eigenvalue weighted by atomic mass is 16.5. The maximum Gasteiger partial charge on any atom is 0.312 e. The summed E-state index contributed by atoms with van der Waals surface area (Å²) in [6, 6.07) is 0. The van der Waals surface area contributed by atoms with Crippen LogP contribution in [0.5, 0.6) is 0 Å². The van der Waals surface area contributed by atoms with Gasteiger partial charge in [0.05, 0.1) is 5.41 Å². The van der Waals surface area contributed by atoms with Gasteiger partial charge in [0, 0.05) is 0 Å². The zero-order chi connectivity index (χ0) is 18.5. The fourth-order valence-electron chi connectivity index (χ4n) is 5.47. The van der Waals surface area contributed by atoms with Crippen molar-refractivity contribution >= 4 is 5.97 Å². The van der Waals surface area contributed by atoms with E-state index in [2.05, 4.69) is 62.3 Å². The lowest BCUT2D eigenvalue weighted by molar-refractivity contribution is -0.174. The zero-order valence-corrected chi connectivity index (χ0v) is 17.5. The number of hydrogen-bond donors (Lipinski definition) is 0. The average Bonchev–Trinajstić information content (AvgIpc) is 2.92. The third-order valence-corrected chi connectivity index (χ3v) is 7.28. The molecule has 0 aromatic carbocycles. The lowest BCUT2D eigenvalue weighted by Gasteiger charge is -2.44. The summed E-state index contributed by atoms with van der Waals surface area (Å²) in [5.74, 6) is 2.94. The lowest BCUT2D eigenvalue weighted by atomic mass is 9.61. The van der Waals surface area contributed by atoms with E-state index in [1.54, 1.807) is 0 Å². The second kappa shape index (κ2) is 6.32. The predicted molar refractivity (Wildman–Crippen MR) is 101 cm³/mol. The number of ether oxygens (including phenoxy) is 1. The molecular formula is C22H40O2. The fourth-order valence-corrected chi connectivity index (χ4v) is 5.47. The molecule has 0 radical (unpaired) electrons. The quantitative estimate of drug-likeness (QED) is 0.581. The van der Waals surface area contributed by atoms with Crippen molar-refractivity contribution in [3.05, 3.63) is 0 Å². The molecule has 2 fully saturated rings. The summed E-state index contributed by atoms with van der Waals surface area (Å²) < 4.78 is 6.22. The third kappa shape index (κ3) is 3.53. The first-order chi connectivity index (χ1) is 10.8. The van der Waals surface area contributed by atoms with E-state index in [4.69, 9.17) is 4.74 Å². The minimum atomic E-state index is -0.444. The maximum atomic E-state index is 13.3. The Bertz CT molecular complexity index is 467. The second-order valence-corrected chi connectivity index (χ2v) is 11.1. The van der Waals surface area contributed by atoms with E-state index in [0.29, 0.717) is 5.92 Å². The first kappa shape index (κ1) is 19.8. The van der Waals surface area contributed by atoms with Crippen LogP contribution in [-0.4, -0.2) is 12.1 Å². The molecule has 2 nitrogen and oxygen atoms in total. The summed E-state index contributed by atoms with van der Waals surface area (Å²) in [5, 5.41) is 0. The number of fused-ring (bicyclic) bond motifs is 2. The Hall–Kier alpha value is -0.530. The third-order valence-electron chi connectivity index (χ3n) is 7.28. The Morgan fingerprint density at radius 2 is 1.62 bits per heavy atom. The normalized spacial score (nSPS) is 35.8. The van der Waals surface area contributed by atoms with Gasteiger partial charge in [0.1, 0.15) is 6.10 Å². The van der Waals surface area contributed by atoms with Gasteiger partial charge in [0.15, 0.2) is 0 Å². The molecule has 0 heterocycles. The van der Waals surface area contributed by atoms with Gasteiger partial charge in [-0.15, -0.1) is 0 Å². The molecule has 2 aliphatic rings. The Labute approximate surface area is 150 Å². The molecule has 2 rings (SSSR count). The summed E-state index contributed by atoms with van der Waals surface area (Å²) in [6.07, 6.45) is 4.59. The lowest BCUT2D eigenvalue weighted by Crippen LogP contribution is -2.46. The van der Waals surface area contributed by atoms with E-state index in [1.807, 2.05) is 0 Å². The molecule has 2 bridgehead atoms. The van der Waals surface area contributed by atoms with Gasteiger partial charge in [-0.1, -0.05) is 61.8 Å². The van der Waals surface area contributed by atoms with Gasteiger partial charge in [0.25, 0.3) is 0 Å². The number of esters is 1. The van der Waals surface area contributed by atoms with Crippen LogP contribution >= 0.6 is 0 Å². The molecule has 0 aliphatic heterocycles. The van der Waals surface area contributed by atoms with E-state index in [9.17, 15) is 4.79 Å². The van der Waals surface area contributed by atoms with E-state index in [0.717, 1.165) is 30.6 Å². The molecule has 0 aromatic rings. The van der Waals surface area contributed by atoms with Crippen LogP contribution in [0.2, 0.25) is 0 Å². The molecule has 0 saturated heterocycles. The van der Waals surface area contributed by atoms with Gasteiger partial charge in [-0.2, -0.15) is 0 Å². The van der Waals surface area contributed by atoms with Crippen LogP contribution in [0.4, 0.5) is 0 Å². The summed E-state index contributed by atoms with van der Waals surface area (Å²) in [4.78, 5) is 13.3. The van der Waals surface area contributed by atoms with Gasteiger partial charge in [-0.05, 0) is 60.7 Å². The highest BCUT2D eigenvalue weighted by Gasteiger charge is 2.54. The molecule has 2 heteroatoms. The molecule has 0 N–H and O–H groups in total. The van der Waals surface area contributed by atoms with Crippen LogP contribution in [0, 0.1) is 39.9 Å². The van der Waals surface area contributed by atoms with Gasteiger partial charge in [0.2, 0.25) is 0 Å². The highest BCUT2D eigenvalue weighted by molar-refractivity contribution is 5.77.